The van der Waals surface area contributed by atoms with Crippen molar-refractivity contribution in [2.24, 2.45) is 11.8 Å². The summed E-state index contributed by atoms with van der Waals surface area (Å²) < 4.78 is 27.0. The zero-order valence-corrected chi connectivity index (χ0v) is 12.8. The van der Waals surface area contributed by atoms with Gasteiger partial charge in [-0.15, -0.1) is 0 Å². The molecule has 2 N–H and O–H groups in total. The molecule has 1 heterocycles. The van der Waals surface area contributed by atoms with Crippen LogP contribution in [0.3, 0.4) is 0 Å². The summed E-state index contributed by atoms with van der Waals surface area (Å²) in [6.45, 7) is 5.31. The molecule has 2 rings (SSSR count). The van der Waals surface area contributed by atoms with Crippen molar-refractivity contribution in [3.05, 3.63) is 12.4 Å². The van der Waals surface area contributed by atoms with Crippen molar-refractivity contribution in [2.75, 3.05) is 18.4 Å². The van der Waals surface area contributed by atoms with Crippen molar-refractivity contribution in [1.29, 1.82) is 0 Å². The molecule has 0 bridgehead atoms. The molecule has 1 fully saturated rings. The van der Waals surface area contributed by atoms with Gasteiger partial charge in [0.05, 0.1) is 12.4 Å². The summed E-state index contributed by atoms with van der Waals surface area (Å²) in [6, 6.07) is 0. The minimum absolute atomic E-state index is 0.116. The highest BCUT2D eigenvalue weighted by Crippen LogP contribution is 2.30. The van der Waals surface area contributed by atoms with E-state index >= 15 is 0 Å². The van der Waals surface area contributed by atoms with Crippen molar-refractivity contribution in [3.8, 4) is 0 Å². The molecular formula is C13H22N4O2S. The zero-order valence-electron chi connectivity index (χ0n) is 12.0. The molecule has 0 aliphatic heterocycles. The standard InChI is InChI=1S/C13H22N4O2S/c1-3-14-13-15-8-12(9-16-13)20(18,19)17-7-11-6-4-5-10(11)2/h8-11,17H,3-7H2,1-2H3,(H,14,15,16). The highest BCUT2D eigenvalue weighted by molar-refractivity contribution is 7.89. The minimum Gasteiger partial charge on any atom is -0.355 e. The Balaban J connectivity index is 1.98. The lowest BCUT2D eigenvalue weighted by Gasteiger charge is -2.15. The minimum atomic E-state index is -3.51. The van der Waals surface area contributed by atoms with E-state index in [1.807, 2.05) is 6.92 Å². The fourth-order valence-corrected chi connectivity index (χ4v) is 3.51. The molecule has 2 atom stereocenters. The first-order valence-electron chi connectivity index (χ1n) is 7.08. The Hall–Kier alpha value is -1.21. The van der Waals surface area contributed by atoms with Gasteiger partial charge in [-0.05, 0) is 25.2 Å². The molecule has 1 saturated carbocycles. The van der Waals surface area contributed by atoms with Crippen LogP contribution in [0.2, 0.25) is 0 Å². The van der Waals surface area contributed by atoms with Gasteiger partial charge in [0.25, 0.3) is 0 Å². The number of sulfonamides is 1. The number of nitrogens with one attached hydrogen (secondary N) is 2. The number of hydrogen-bond donors (Lipinski definition) is 2. The zero-order chi connectivity index (χ0) is 14.6. The molecule has 1 aliphatic carbocycles. The van der Waals surface area contributed by atoms with Crippen molar-refractivity contribution >= 4 is 16.0 Å². The third-order valence-corrected chi connectivity index (χ3v) is 5.23. The molecule has 0 saturated heterocycles. The highest BCUT2D eigenvalue weighted by atomic mass is 32.2. The van der Waals surface area contributed by atoms with Gasteiger partial charge in [0.15, 0.2) is 0 Å². The first kappa shape index (κ1) is 15.2. The highest BCUT2D eigenvalue weighted by Gasteiger charge is 2.25. The molecular weight excluding hydrogens is 276 g/mol. The van der Waals surface area contributed by atoms with Crippen LogP contribution in [0, 0.1) is 11.8 Å². The maximum atomic E-state index is 12.2. The first-order valence-corrected chi connectivity index (χ1v) is 8.57. The van der Waals surface area contributed by atoms with Crippen LogP contribution in [0.25, 0.3) is 0 Å². The lowest BCUT2D eigenvalue weighted by molar-refractivity contribution is 0.414. The number of rotatable bonds is 6. The van der Waals surface area contributed by atoms with E-state index in [9.17, 15) is 8.42 Å². The van der Waals surface area contributed by atoms with Gasteiger partial charge in [0, 0.05) is 13.1 Å². The third kappa shape index (κ3) is 3.67. The third-order valence-electron chi connectivity index (χ3n) is 3.85. The molecule has 6 nitrogen and oxygen atoms in total. The number of anilines is 1. The van der Waals surface area contributed by atoms with Gasteiger partial charge in [-0.2, -0.15) is 0 Å². The molecule has 0 aromatic carbocycles. The lowest BCUT2D eigenvalue weighted by atomic mass is 9.99. The Kier molecular flexibility index (Phi) is 4.93. The van der Waals surface area contributed by atoms with Gasteiger partial charge in [-0.1, -0.05) is 19.8 Å². The van der Waals surface area contributed by atoms with Crippen LogP contribution in [0.4, 0.5) is 5.95 Å². The molecule has 0 radical (unpaired) electrons. The molecule has 2 unspecified atom stereocenters. The largest absolute Gasteiger partial charge is 0.355 e. The molecule has 0 amide bonds. The van der Waals surface area contributed by atoms with E-state index in [-0.39, 0.29) is 4.90 Å². The van der Waals surface area contributed by atoms with Gasteiger partial charge in [0.1, 0.15) is 4.90 Å². The molecule has 0 spiro atoms. The van der Waals surface area contributed by atoms with E-state index in [0.29, 0.717) is 30.9 Å². The maximum Gasteiger partial charge on any atom is 0.243 e. The summed E-state index contributed by atoms with van der Waals surface area (Å²) in [5.41, 5.74) is 0. The molecule has 1 aliphatic rings. The van der Waals surface area contributed by atoms with E-state index in [0.717, 1.165) is 6.42 Å². The van der Waals surface area contributed by atoms with Crippen LogP contribution in [0.1, 0.15) is 33.1 Å². The average molecular weight is 298 g/mol. The second-order valence-electron chi connectivity index (χ2n) is 5.29. The summed E-state index contributed by atoms with van der Waals surface area (Å²) >= 11 is 0. The normalized spacial score (nSPS) is 22.9. The van der Waals surface area contributed by atoms with Gasteiger partial charge < -0.3 is 5.32 Å². The van der Waals surface area contributed by atoms with Crippen LogP contribution in [-0.4, -0.2) is 31.5 Å². The van der Waals surface area contributed by atoms with Crippen LogP contribution in [-0.2, 0) is 10.0 Å². The van der Waals surface area contributed by atoms with Crippen LogP contribution >= 0.6 is 0 Å². The summed E-state index contributed by atoms with van der Waals surface area (Å²) in [4.78, 5) is 8.09. The topological polar surface area (TPSA) is 84.0 Å². The second kappa shape index (κ2) is 6.49. The molecule has 1 aromatic heterocycles. The first-order chi connectivity index (χ1) is 9.53. The summed E-state index contributed by atoms with van der Waals surface area (Å²) in [5, 5.41) is 2.93. The number of hydrogen-bond acceptors (Lipinski definition) is 5. The smallest absolute Gasteiger partial charge is 0.243 e. The summed E-state index contributed by atoms with van der Waals surface area (Å²) in [7, 11) is -3.51. The van der Waals surface area contributed by atoms with E-state index in [4.69, 9.17) is 0 Å². The Labute approximate surface area is 120 Å². The van der Waals surface area contributed by atoms with E-state index in [1.54, 1.807) is 0 Å². The fourth-order valence-electron chi connectivity index (χ4n) is 2.53. The quantitative estimate of drug-likeness (QED) is 0.834. The molecule has 1 aromatic rings. The average Bonchev–Trinajstić information content (AvgIpc) is 2.83. The fraction of sp³-hybridized carbons (Fsp3) is 0.692. The summed E-state index contributed by atoms with van der Waals surface area (Å²) in [6.07, 6.45) is 6.15. The van der Waals surface area contributed by atoms with E-state index in [2.05, 4.69) is 26.9 Å². The molecule has 7 heteroatoms. The van der Waals surface area contributed by atoms with Crippen LogP contribution in [0.5, 0.6) is 0 Å². The van der Waals surface area contributed by atoms with Gasteiger partial charge >= 0.3 is 0 Å². The van der Waals surface area contributed by atoms with Crippen LogP contribution in [0.15, 0.2) is 17.3 Å². The van der Waals surface area contributed by atoms with Crippen molar-refractivity contribution in [3.63, 3.8) is 0 Å². The van der Waals surface area contributed by atoms with E-state index in [1.165, 1.54) is 25.2 Å². The van der Waals surface area contributed by atoms with Gasteiger partial charge in [0.2, 0.25) is 16.0 Å². The maximum absolute atomic E-state index is 12.2. The lowest BCUT2D eigenvalue weighted by Crippen LogP contribution is -2.30. The van der Waals surface area contributed by atoms with Crippen LogP contribution < -0.4 is 10.0 Å². The summed E-state index contributed by atoms with van der Waals surface area (Å²) in [5.74, 6) is 1.47. The van der Waals surface area contributed by atoms with Gasteiger partial charge in [-0.25, -0.2) is 23.1 Å². The Morgan fingerprint density at radius 2 is 2.00 bits per heavy atom. The van der Waals surface area contributed by atoms with Crippen molar-refractivity contribution in [2.45, 2.75) is 38.0 Å². The van der Waals surface area contributed by atoms with Crippen molar-refractivity contribution in [1.82, 2.24) is 14.7 Å². The number of aromatic nitrogens is 2. The predicted molar refractivity (Wildman–Crippen MR) is 77.9 cm³/mol. The Morgan fingerprint density at radius 3 is 2.55 bits per heavy atom. The van der Waals surface area contributed by atoms with Gasteiger partial charge in [-0.3, -0.25) is 0 Å². The second-order valence-corrected chi connectivity index (χ2v) is 7.06. The Morgan fingerprint density at radius 1 is 1.30 bits per heavy atom. The molecule has 112 valence electrons. The van der Waals surface area contributed by atoms with E-state index < -0.39 is 10.0 Å². The predicted octanol–water partition coefficient (Wildman–Crippen LogP) is 1.62. The SMILES string of the molecule is CCNc1ncc(S(=O)(=O)NCC2CCCC2C)cn1. The number of nitrogens with zero attached hydrogens (tertiary/aromatic N) is 2. The van der Waals surface area contributed by atoms with Crippen molar-refractivity contribution < 1.29 is 8.42 Å². The monoisotopic (exact) mass is 298 g/mol. The Bertz CT molecular complexity index is 530. The molecule has 20 heavy (non-hydrogen) atoms.